The van der Waals surface area contributed by atoms with Gasteiger partial charge in [-0.05, 0) is 45.1 Å². The fraction of sp³-hybridized carbons (Fsp3) is 0.350. The molecule has 0 aromatic heterocycles. The molecule has 2 aromatic rings. The number of carbonyl (C=O) groups excluding carboxylic acids is 1. The lowest BCUT2D eigenvalue weighted by Gasteiger charge is -2.29. The second-order valence-corrected chi connectivity index (χ2v) is 6.27. The van der Waals surface area contributed by atoms with E-state index in [4.69, 9.17) is 0 Å². The first-order chi connectivity index (χ1) is 11.0. The molecule has 0 saturated carbocycles. The summed E-state index contributed by atoms with van der Waals surface area (Å²) < 4.78 is 0. The van der Waals surface area contributed by atoms with Gasteiger partial charge in [-0.1, -0.05) is 60.7 Å². The van der Waals surface area contributed by atoms with Gasteiger partial charge in [0.05, 0.1) is 5.41 Å². The zero-order valence-corrected chi connectivity index (χ0v) is 14.3. The number of benzene rings is 2. The number of rotatable bonds is 7. The van der Waals surface area contributed by atoms with Gasteiger partial charge in [0.2, 0.25) is 5.91 Å². The Balaban J connectivity index is 2.23. The molecule has 0 heterocycles. The van der Waals surface area contributed by atoms with Crippen molar-refractivity contribution in [1.29, 1.82) is 0 Å². The lowest BCUT2D eigenvalue weighted by molar-refractivity contribution is -0.124. The van der Waals surface area contributed by atoms with Crippen molar-refractivity contribution in [2.75, 3.05) is 27.2 Å². The van der Waals surface area contributed by atoms with E-state index in [1.165, 1.54) is 0 Å². The van der Waals surface area contributed by atoms with Gasteiger partial charge in [-0.15, -0.1) is 0 Å². The van der Waals surface area contributed by atoms with Gasteiger partial charge in [0.25, 0.3) is 0 Å². The van der Waals surface area contributed by atoms with Gasteiger partial charge in [0.1, 0.15) is 0 Å². The van der Waals surface area contributed by atoms with Gasteiger partial charge >= 0.3 is 0 Å². The number of hydrogen-bond donors (Lipinski definition) is 1. The molecule has 0 bridgehead atoms. The van der Waals surface area contributed by atoms with Crippen LogP contribution in [0.4, 0.5) is 0 Å². The molecule has 0 aliphatic carbocycles. The Morgan fingerprint density at radius 2 is 1.43 bits per heavy atom. The summed E-state index contributed by atoms with van der Waals surface area (Å²) in [6.45, 7) is 3.65. The van der Waals surface area contributed by atoms with Crippen molar-refractivity contribution >= 4 is 5.91 Å². The van der Waals surface area contributed by atoms with E-state index >= 15 is 0 Å². The van der Waals surface area contributed by atoms with Crippen LogP contribution in [0, 0.1) is 0 Å². The summed E-state index contributed by atoms with van der Waals surface area (Å²) in [5, 5.41) is 3.11. The summed E-state index contributed by atoms with van der Waals surface area (Å²) in [5.74, 6) is 0.0497. The topological polar surface area (TPSA) is 32.3 Å². The predicted molar refractivity (Wildman–Crippen MR) is 95.5 cm³/mol. The van der Waals surface area contributed by atoms with Gasteiger partial charge in [0, 0.05) is 6.54 Å². The van der Waals surface area contributed by atoms with Crippen molar-refractivity contribution in [3.63, 3.8) is 0 Å². The molecule has 0 aliphatic rings. The minimum atomic E-state index is -0.680. The highest BCUT2D eigenvalue weighted by Gasteiger charge is 2.36. The maximum Gasteiger partial charge on any atom is 0.234 e. The Bertz CT molecular complexity index is 569. The molecule has 0 fully saturated rings. The molecule has 2 rings (SSSR count). The average Bonchev–Trinajstić information content (AvgIpc) is 2.59. The molecule has 0 aliphatic heterocycles. The van der Waals surface area contributed by atoms with Crippen LogP contribution in [0.3, 0.4) is 0 Å². The van der Waals surface area contributed by atoms with Gasteiger partial charge < -0.3 is 10.2 Å². The Kier molecular flexibility index (Phi) is 5.94. The third kappa shape index (κ3) is 4.20. The van der Waals surface area contributed by atoms with Crippen molar-refractivity contribution in [2.45, 2.75) is 18.8 Å². The predicted octanol–water partition coefficient (Wildman–Crippen LogP) is 3.06. The quantitative estimate of drug-likeness (QED) is 0.797. The van der Waals surface area contributed by atoms with Crippen LogP contribution < -0.4 is 5.32 Å². The highest BCUT2D eigenvalue weighted by molar-refractivity contribution is 5.91. The zero-order chi connectivity index (χ0) is 16.7. The van der Waals surface area contributed by atoms with E-state index in [2.05, 4.69) is 10.2 Å². The van der Waals surface area contributed by atoms with E-state index in [-0.39, 0.29) is 5.91 Å². The Morgan fingerprint density at radius 1 is 0.957 bits per heavy atom. The van der Waals surface area contributed by atoms with Gasteiger partial charge in [0.15, 0.2) is 0 Å². The van der Waals surface area contributed by atoms with Crippen LogP contribution in [0.1, 0.15) is 24.5 Å². The van der Waals surface area contributed by atoms with Crippen LogP contribution in [0.15, 0.2) is 60.7 Å². The summed E-state index contributed by atoms with van der Waals surface area (Å²) in [4.78, 5) is 15.1. The average molecular weight is 310 g/mol. The molecule has 3 nitrogen and oxygen atoms in total. The highest BCUT2D eigenvalue weighted by Crippen LogP contribution is 2.32. The fourth-order valence-corrected chi connectivity index (χ4v) is 2.75. The lowest BCUT2D eigenvalue weighted by atomic mass is 9.75. The molecule has 0 unspecified atom stereocenters. The monoisotopic (exact) mass is 310 g/mol. The van der Waals surface area contributed by atoms with Crippen molar-refractivity contribution in [1.82, 2.24) is 10.2 Å². The minimum absolute atomic E-state index is 0.0497. The summed E-state index contributed by atoms with van der Waals surface area (Å²) in [7, 11) is 4.08. The van der Waals surface area contributed by atoms with Gasteiger partial charge in [-0.2, -0.15) is 0 Å². The molecule has 23 heavy (non-hydrogen) atoms. The maximum absolute atomic E-state index is 13.0. The molecule has 122 valence electrons. The first-order valence-electron chi connectivity index (χ1n) is 8.09. The summed E-state index contributed by atoms with van der Waals surface area (Å²) >= 11 is 0. The Labute approximate surface area is 139 Å². The van der Waals surface area contributed by atoms with Crippen LogP contribution in [0.25, 0.3) is 0 Å². The van der Waals surface area contributed by atoms with Gasteiger partial charge in [-0.3, -0.25) is 4.79 Å². The third-order valence-electron chi connectivity index (χ3n) is 4.22. The molecule has 1 N–H and O–H groups in total. The van der Waals surface area contributed by atoms with Crippen LogP contribution in [-0.2, 0) is 10.2 Å². The Hall–Kier alpha value is -2.13. The van der Waals surface area contributed by atoms with Crippen LogP contribution in [-0.4, -0.2) is 38.0 Å². The van der Waals surface area contributed by atoms with Crippen LogP contribution >= 0.6 is 0 Å². The second-order valence-electron chi connectivity index (χ2n) is 6.27. The smallest absolute Gasteiger partial charge is 0.234 e. The fourth-order valence-electron chi connectivity index (χ4n) is 2.75. The molecule has 1 amide bonds. The molecular formula is C20H26N2O. The maximum atomic E-state index is 13.0. The number of hydrogen-bond acceptors (Lipinski definition) is 2. The number of nitrogens with zero attached hydrogens (tertiary/aromatic N) is 1. The molecule has 2 aromatic carbocycles. The molecular weight excluding hydrogens is 284 g/mol. The van der Waals surface area contributed by atoms with Crippen LogP contribution in [0.5, 0.6) is 0 Å². The Morgan fingerprint density at radius 3 is 1.87 bits per heavy atom. The van der Waals surface area contributed by atoms with E-state index in [0.717, 1.165) is 24.1 Å². The highest BCUT2D eigenvalue weighted by atomic mass is 16.2. The lowest BCUT2D eigenvalue weighted by Crippen LogP contribution is -2.43. The summed E-state index contributed by atoms with van der Waals surface area (Å²) in [6.07, 6.45) is 0.943. The van der Waals surface area contributed by atoms with E-state index < -0.39 is 5.41 Å². The van der Waals surface area contributed by atoms with Crippen LogP contribution in [0.2, 0.25) is 0 Å². The summed E-state index contributed by atoms with van der Waals surface area (Å²) in [5.41, 5.74) is 1.34. The van der Waals surface area contributed by atoms with E-state index in [1.807, 2.05) is 81.7 Å². The van der Waals surface area contributed by atoms with E-state index in [1.54, 1.807) is 0 Å². The van der Waals surface area contributed by atoms with Crippen molar-refractivity contribution < 1.29 is 4.79 Å². The zero-order valence-electron chi connectivity index (χ0n) is 14.3. The van der Waals surface area contributed by atoms with E-state index in [9.17, 15) is 4.79 Å². The van der Waals surface area contributed by atoms with Crippen molar-refractivity contribution in [3.8, 4) is 0 Å². The second kappa shape index (κ2) is 7.93. The SMILES string of the molecule is CN(C)CCCNC(=O)C(C)(c1ccccc1)c1ccccc1. The van der Waals surface area contributed by atoms with Gasteiger partial charge in [-0.25, -0.2) is 0 Å². The number of carbonyl (C=O) groups is 1. The molecule has 3 heteroatoms. The minimum Gasteiger partial charge on any atom is -0.355 e. The summed E-state index contributed by atoms with van der Waals surface area (Å²) in [6, 6.07) is 20.0. The van der Waals surface area contributed by atoms with Crippen molar-refractivity contribution in [2.24, 2.45) is 0 Å². The molecule has 0 atom stereocenters. The molecule has 0 spiro atoms. The normalized spacial score (nSPS) is 11.5. The first kappa shape index (κ1) is 17.2. The largest absolute Gasteiger partial charge is 0.355 e. The number of amides is 1. The number of nitrogens with one attached hydrogen (secondary N) is 1. The standard InChI is InChI=1S/C20H26N2O/c1-20(17-11-6-4-7-12-17,18-13-8-5-9-14-18)19(23)21-15-10-16-22(2)3/h4-9,11-14H,10,15-16H2,1-3H3,(H,21,23). The molecule has 0 radical (unpaired) electrons. The molecule has 0 saturated heterocycles. The first-order valence-corrected chi connectivity index (χ1v) is 8.09. The van der Waals surface area contributed by atoms with E-state index in [0.29, 0.717) is 6.54 Å². The van der Waals surface area contributed by atoms with Crippen molar-refractivity contribution in [3.05, 3.63) is 71.8 Å². The third-order valence-corrected chi connectivity index (χ3v) is 4.22.